The molecule has 2 aromatic heterocycles. The molecule has 0 spiro atoms. The van der Waals surface area contributed by atoms with E-state index in [0.29, 0.717) is 0 Å². The summed E-state index contributed by atoms with van der Waals surface area (Å²) in [5.74, 6) is 0.781. The largest absolute Gasteiger partial charge is 0.242 e. The Hall–Kier alpha value is -2.07. The van der Waals surface area contributed by atoms with E-state index >= 15 is 0 Å². The quantitative estimate of drug-likeness (QED) is 0.449. The lowest BCUT2D eigenvalue weighted by Gasteiger charge is -2.05. The molecule has 0 bridgehead atoms. The van der Waals surface area contributed by atoms with Crippen molar-refractivity contribution in [3.05, 3.63) is 52.9 Å². The first kappa shape index (κ1) is 22.2. The van der Waals surface area contributed by atoms with E-state index < -0.39 is 0 Å². The van der Waals surface area contributed by atoms with Gasteiger partial charge in [-0.3, -0.25) is 0 Å². The van der Waals surface area contributed by atoms with Crippen molar-refractivity contribution in [3.8, 4) is 21.8 Å². The molecule has 0 unspecified atom stereocenters. The highest BCUT2D eigenvalue weighted by atomic mass is 32.1. The number of benzene rings is 1. The predicted octanol–water partition coefficient (Wildman–Crippen LogP) is 7.56. The van der Waals surface area contributed by atoms with Gasteiger partial charge >= 0.3 is 0 Å². The van der Waals surface area contributed by atoms with Gasteiger partial charge in [0.1, 0.15) is 5.82 Å². The van der Waals surface area contributed by atoms with Gasteiger partial charge < -0.3 is 0 Å². The van der Waals surface area contributed by atoms with Crippen LogP contribution in [0.1, 0.15) is 68.8 Å². The van der Waals surface area contributed by atoms with Crippen molar-refractivity contribution in [1.82, 2.24) is 15.0 Å². The second kappa shape index (κ2) is 11.7. The highest BCUT2D eigenvalue weighted by molar-refractivity contribution is 7.15. The molecule has 3 aromatic rings. The SMILES string of the molecule is C1CCCCC1.CC.Cc1cccc(-c2nc(C)sc2-c2ccnc(C)n2)c1. The number of thiazole rings is 1. The molecular weight excluding hydrogens is 362 g/mol. The minimum Gasteiger partial charge on any atom is -0.242 e. The third-order valence-corrected chi connectivity index (χ3v) is 5.53. The monoisotopic (exact) mass is 395 g/mol. The van der Waals surface area contributed by atoms with Crippen molar-refractivity contribution < 1.29 is 0 Å². The lowest BCUT2D eigenvalue weighted by Crippen LogP contribution is -1.90. The van der Waals surface area contributed by atoms with E-state index in [4.69, 9.17) is 0 Å². The fourth-order valence-corrected chi connectivity index (χ4v) is 4.14. The summed E-state index contributed by atoms with van der Waals surface area (Å²) in [5.41, 5.74) is 4.33. The van der Waals surface area contributed by atoms with Crippen LogP contribution in [0.5, 0.6) is 0 Å². The van der Waals surface area contributed by atoms with E-state index in [1.807, 2.05) is 33.8 Å². The first-order chi connectivity index (χ1) is 13.6. The number of nitrogens with zero attached hydrogens (tertiary/aromatic N) is 3. The molecule has 4 rings (SSSR count). The summed E-state index contributed by atoms with van der Waals surface area (Å²) in [4.78, 5) is 14.5. The Morgan fingerprint density at radius 1 is 0.821 bits per heavy atom. The van der Waals surface area contributed by atoms with Gasteiger partial charge in [-0.2, -0.15) is 0 Å². The third kappa shape index (κ3) is 6.52. The molecular formula is C24H33N3S. The molecule has 0 aliphatic heterocycles. The summed E-state index contributed by atoms with van der Waals surface area (Å²) in [6.07, 6.45) is 10.8. The topological polar surface area (TPSA) is 38.7 Å². The van der Waals surface area contributed by atoms with Crippen LogP contribution in [0.4, 0.5) is 0 Å². The van der Waals surface area contributed by atoms with Crippen LogP contribution in [0.2, 0.25) is 0 Å². The predicted molar refractivity (Wildman–Crippen MR) is 122 cm³/mol. The summed E-state index contributed by atoms with van der Waals surface area (Å²) in [5, 5.41) is 1.05. The van der Waals surface area contributed by atoms with Gasteiger partial charge in [-0.05, 0) is 32.9 Å². The van der Waals surface area contributed by atoms with Crippen molar-refractivity contribution in [2.24, 2.45) is 0 Å². The van der Waals surface area contributed by atoms with Gasteiger partial charge in [0.15, 0.2) is 0 Å². The number of hydrogen-bond acceptors (Lipinski definition) is 4. The van der Waals surface area contributed by atoms with E-state index in [9.17, 15) is 0 Å². The lowest BCUT2D eigenvalue weighted by molar-refractivity contribution is 0.504. The Balaban J connectivity index is 0.000000296. The molecule has 150 valence electrons. The van der Waals surface area contributed by atoms with Crippen molar-refractivity contribution in [2.45, 2.75) is 73.1 Å². The fraction of sp³-hybridized carbons (Fsp3) is 0.458. The number of hydrogen-bond donors (Lipinski definition) is 0. The first-order valence-electron chi connectivity index (χ1n) is 10.5. The third-order valence-electron chi connectivity index (χ3n) is 4.53. The molecule has 2 heterocycles. The Bertz CT molecular complexity index is 776. The van der Waals surface area contributed by atoms with Crippen LogP contribution >= 0.6 is 11.3 Å². The molecule has 0 atom stereocenters. The summed E-state index contributed by atoms with van der Waals surface area (Å²) in [7, 11) is 0. The summed E-state index contributed by atoms with van der Waals surface area (Å²) >= 11 is 1.68. The van der Waals surface area contributed by atoms with E-state index in [2.05, 4.69) is 46.1 Å². The number of rotatable bonds is 2. The van der Waals surface area contributed by atoms with E-state index in [1.54, 1.807) is 17.5 Å². The van der Waals surface area contributed by atoms with Crippen molar-refractivity contribution in [2.75, 3.05) is 0 Å². The van der Waals surface area contributed by atoms with Crippen LogP contribution in [0.15, 0.2) is 36.5 Å². The normalized spacial score (nSPS) is 13.0. The van der Waals surface area contributed by atoms with Crippen LogP contribution in [-0.4, -0.2) is 15.0 Å². The van der Waals surface area contributed by atoms with E-state index in [-0.39, 0.29) is 0 Å². The maximum Gasteiger partial charge on any atom is 0.125 e. The van der Waals surface area contributed by atoms with Crippen molar-refractivity contribution in [3.63, 3.8) is 0 Å². The maximum absolute atomic E-state index is 4.69. The minimum absolute atomic E-state index is 0.781. The Labute approximate surface area is 174 Å². The van der Waals surface area contributed by atoms with Crippen LogP contribution in [0.25, 0.3) is 21.8 Å². The zero-order chi connectivity index (χ0) is 20.4. The standard InChI is InChI=1S/C16H15N3S.C6H12.C2H6/c1-10-5-4-6-13(9-10)15-16(20-12(3)19-15)14-7-8-17-11(2)18-14;1-2-4-6-5-3-1;1-2/h4-9H,1-3H3;1-6H2;1-2H3. The second-order valence-corrected chi connectivity index (χ2v) is 8.09. The van der Waals surface area contributed by atoms with Gasteiger partial charge in [0.2, 0.25) is 0 Å². The molecule has 28 heavy (non-hydrogen) atoms. The van der Waals surface area contributed by atoms with E-state index in [0.717, 1.165) is 32.7 Å². The minimum atomic E-state index is 0.781. The van der Waals surface area contributed by atoms with Gasteiger partial charge in [0.05, 0.1) is 21.3 Å². The average Bonchev–Trinajstić information content (AvgIpc) is 3.13. The van der Waals surface area contributed by atoms with Crippen LogP contribution in [0.3, 0.4) is 0 Å². The van der Waals surface area contributed by atoms with Gasteiger partial charge in [0, 0.05) is 11.8 Å². The molecule has 1 fully saturated rings. The summed E-state index contributed by atoms with van der Waals surface area (Å²) < 4.78 is 0. The second-order valence-electron chi connectivity index (χ2n) is 6.89. The van der Waals surface area contributed by atoms with E-state index in [1.165, 1.54) is 44.1 Å². The van der Waals surface area contributed by atoms with Crippen LogP contribution < -0.4 is 0 Å². The Morgan fingerprint density at radius 3 is 2.04 bits per heavy atom. The first-order valence-corrected chi connectivity index (χ1v) is 11.3. The molecule has 4 heteroatoms. The van der Waals surface area contributed by atoms with Gasteiger partial charge in [0.25, 0.3) is 0 Å². The molecule has 1 saturated carbocycles. The molecule has 1 aromatic carbocycles. The molecule has 1 aliphatic rings. The zero-order valence-electron chi connectivity index (χ0n) is 18.0. The molecule has 1 aliphatic carbocycles. The highest BCUT2D eigenvalue weighted by Crippen LogP contribution is 2.35. The van der Waals surface area contributed by atoms with Crippen LogP contribution in [-0.2, 0) is 0 Å². The van der Waals surface area contributed by atoms with Crippen molar-refractivity contribution in [1.29, 1.82) is 0 Å². The molecule has 0 amide bonds. The van der Waals surface area contributed by atoms with Crippen molar-refractivity contribution >= 4 is 11.3 Å². The molecule has 0 radical (unpaired) electrons. The van der Waals surface area contributed by atoms with Gasteiger partial charge in [-0.15, -0.1) is 11.3 Å². The molecule has 0 N–H and O–H groups in total. The van der Waals surface area contributed by atoms with Gasteiger partial charge in [-0.1, -0.05) is 76.1 Å². The average molecular weight is 396 g/mol. The fourth-order valence-electron chi connectivity index (χ4n) is 3.23. The number of aromatic nitrogens is 3. The highest BCUT2D eigenvalue weighted by Gasteiger charge is 2.14. The zero-order valence-corrected chi connectivity index (χ0v) is 18.8. The lowest BCUT2D eigenvalue weighted by atomic mass is 10.0. The Morgan fingerprint density at radius 2 is 1.46 bits per heavy atom. The molecule has 3 nitrogen and oxygen atoms in total. The molecule has 0 saturated heterocycles. The Kier molecular flexibility index (Phi) is 9.29. The number of aryl methyl sites for hydroxylation is 3. The maximum atomic E-state index is 4.69. The van der Waals surface area contributed by atoms with Gasteiger partial charge in [-0.25, -0.2) is 15.0 Å². The smallest absolute Gasteiger partial charge is 0.125 e. The summed E-state index contributed by atoms with van der Waals surface area (Å²) in [6, 6.07) is 10.4. The summed E-state index contributed by atoms with van der Waals surface area (Å²) in [6.45, 7) is 10.0. The van der Waals surface area contributed by atoms with Crippen LogP contribution in [0, 0.1) is 20.8 Å².